The summed E-state index contributed by atoms with van der Waals surface area (Å²) < 4.78 is 76.1. The van der Waals surface area contributed by atoms with Crippen LogP contribution in [0.15, 0.2) is 30.3 Å². The fraction of sp³-hybridized carbons (Fsp3) is 0.167. The van der Waals surface area contributed by atoms with Gasteiger partial charge in [-0.15, -0.1) is 0 Å². The van der Waals surface area contributed by atoms with E-state index in [1.165, 1.54) is 18.2 Å². The van der Waals surface area contributed by atoms with E-state index < -0.39 is 29.2 Å². The van der Waals surface area contributed by atoms with Crippen LogP contribution in [0.4, 0.5) is 26.3 Å². The van der Waals surface area contributed by atoms with Crippen molar-refractivity contribution >= 4 is 10.8 Å². The van der Waals surface area contributed by atoms with Crippen LogP contribution in [-0.2, 0) is 12.4 Å². The highest BCUT2D eigenvalue weighted by atomic mass is 19.4. The van der Waals surface area contributed by atoms with Crippen molar-refractivity contribution in [2.24, 2.45) is 0 Å². The Morgan fingerprint density at radius 2 is 1.42 bits per heavy atom. The van der Waals surface area contributed by atoms with Crippen LogP contribution in [0.2, 0.25) is 0 Å². The molecular formula is C12H6F6O. The lowest BCUT2D eigenvalue weighted by Gasteiger charge is -2.18. The van der Waals surface area contributed by atoms with Crippen LogP contribution in [0.3, 0.4) is 0 Å². The predicted molar refractivity (Wildman–Crippen MR) is 55.6 cm³/mol. The largest absolute Gasteiger partial charge is 0.507 e. The van der Waals surface area contributed by atoms with Crippen LogP contribution in [0.25, 0.3) is 10.8 Å². The third-order valence-electron chi connectivity index (χ3n) is 2.61. The number of halogens is 6. The minimum absolute atomic E-state index is 0.111. The van der Waals surface area contributed by atoms with Crippen LogP contribution in [0.1, 0.15) is 11.1 Å². The molecule has 0 aliphatic rings. The number of hydrogen-bond acceptors (Lipinski definition) is 1. The molecule has 0 fully saturated rings. The average molecular weight is 280 g/mol. The zero-order chi connectivity index (χ0) is 14.4. The molecule has 0 saturated carbocycles. The van der Waals surface area contributed by atoms with Gasteiger partial charge in [0.05, 0.1) is 5.56 Å². The van der Waals surface area contributed by atoms with E-state index in [-0.39, 0.29) is 10.8 Å². The van der Waals surface area contributed by atoms with E-state index in [1.807, 2.05) is 0 Å². The van der Waals surface area contributed by atoms with Crippen molar-refractivity contribution in [2.45, 2.75) is 12.4 Å². The van der Waals surface area contributed by atoms with Crippen molar-refractivity contribution in [3.63, 3.8) is 0 Å². The minimum Gasteiger partial charge on any atom is -0.507 e. The molecular weight excluding hydrogens is 274 g/mol. The average Bonchev–Trinajstić information content (AvgIpc) is 2.26. The molecule has 2 aromatic rings. The first kappa shape index (κ1) is 13.5. The molecule has 0 aromatic heterocycles. The Morgan fingerprint density at radius 1 is 0.842 bits per heavy atom. The number of rotatable bonds is 0. The van der Waals surface area contributed by atoms with Gasteiger partial charge in [-0.3, -0.25) is 0 Å². The van der Waals surface area contributed by atoms with E-state index in [0.717, 1.165) is 6.07 Å². The van der Waals surface area contributed by atoms with Crippen molar-refractivity contribution in [3.8, 4) is 5.75 Å². The molecule has 0 aliphatic carbocycles. The van der Waals surface area contributed by atoms with E-state index in [0.29, 0.717) is 6.07 Å². The number of fused-ring (bicyclic) bond motifs is 1. The van der Waals surface area contributed by atoms with Gasteiger partial charge in [-0.05, 0) is 11.5 Å². The molecule has 7 heteroatoms. The second-order valence-corrected chi connectivity index (χ2v) is 3.86. The second kappa shape index (κ2) is 4.04. The fourth-order valence-corrected chi connectivity index (χ4v) is 1.84. The molecule has 0 atom stereocenters. The van der Waals surface area contributed by atoms with Crippen LogP contribution in [-0.4, -0.2) is 5.11 Å². The lowest BCUT2D eigenvalue weighted by molar-refractivity contribution is -0.162. The van der Waals surface area contributed by atoms with Crippen LogP contribution < -0.4 is 0 Å². The number of aromatic hydroxyl groups is 1. The van der Waals surface area contributed by atoms with Crippen molar-refractivity contribution in [1.82, 2.24) is 0 Å². The first-order valence-electron chi connectivity index (χ1n) is 5.01. The summed E-state index contributed by atoms with van der Waals surface area (Å²) in [5.41, 5.74) is -3.95. The Labute approximate surface area is 103 Å². The first-order chi connectivity index (χ1) is 8.62. The highest BCUT2D eigenvalue weighted by molar-refractivity contribution is 5.90. The van der Waals surface area contributed by atoms with Gasteiger partial charge in [0.25, 0.3) is 0 Å². The topological polar surface area (TPSA) is 20.2 Å². The first-order valence-corrected chi connectivity index (χ1v) is 5.01. The summed E-state index contributed by atoms with van der Waals surface area (Å²) in [6.07, 6.45) is -10.5. The second-order valence-electron chi connectivity index (χ2n) is 3.86. The van der Waals surface area contributed by atoms with E-state index in [9.17, 15) is 31.4 Å². The molecule has 0 amide bonds. The highest BCUT2D eigenvalue weighted by Crippen LogP contribution is 2.47. The molecule has 0 spiro atoms. The number of phenolic OH excluding ortho intramolecular Hbond substituents is 1. The summed E-state index contributed by atoms with van der Waals surface area (Å²) in [6.45, 7) is 0. The molecule has 2 aromatic carbocycles. The number of phenols is 1. The molecule has 0 radical (unpaired) electrons. The quantitative estimate of drug-likeness (QED) is 0.700. The number of alkyl halides is 6. The van der Waals surface area contributed by atoms with Crippen molar-refractivity contribution < 1.29 is 31.4 Å². The smallest absolute Gasteiger partial charge is 0.420 e. The summed E-state index contributed by atoms with van der Waals surface area (Å²) >= 11 is 0. The maximum Gasteiger partial charge on any atom is 0.420 e. The molecule has 2 rings (SSSR count). The maximum atomic E-state index is 12.7. The van der Waals surface area contributed by atoms with Gasteiger partial charge >= 0.3 is 12.4 Å². The minimum atomic E-state index is -5.29. The molecule has 0 saturated heterocycles. The van der Waals surface area contributed by atoms with Gasteiger partial charge in [0.2, 0.25) is 0 Å². The van der Waals surface area contributed by atoms with E-state index in [4.69, 9.17) is 0 Å². The molecule has 1 N–H and O–H groups in total. The van der Waals surface area contributed by atoms with Gasteiger partial charge in [0, 0.05) is 5.39 Å². The van der Waals surface area contributed by atoms with Crippen LogP contribution >= 0.6 is 0 Å². The van der Waals surface area contributed by atoms with Crippen LogP contribution in [0.5, 0.6) is 5.75 Å². The van der Waals surface area contributed by atoms with E-state index >= 15 is 0 Å². The van der Waals surface area contributed by atoms with Crippen molar-refractivity contribution in [2.75, 3.05) is 0 Å². The molecule has 0 unspecified atom stereocenters. The van der Waals surface area contributed by atoms with Gasteiger partial charge in [-0.1, -0.05) is 24.3 Å². The molecule has 1 nitrogen and oxygen atoms in total. The molecule has 19 heavy (non-hydrogen) atoms. The lowest BCUT2D eigenvalue weighted by atomic mass is 9.98. The monoisotopic (exact) mass is 280 g/mol. The third kappa shape index (κ3) is 2.32. The summed E-state index contributed by atoms with van der Waals surface area (Å²) in [4.78, 5) is 0. The fourth-order valence-electron chi connectivity index (χ4n) is 1.84. The molecule has 102 valence electrons. The molecule has 0 heterocycles. The summed E-state index contributed by atoms with van der Waals surface area (Å²) in [6, 6.07) is 5.41. The Hall–Kier alpha value is -1.92. The molecule has 0 bridgehead atoms. The summed E-state index contributed by atoms with van der Waals surface area (Å²) in [5.74, 6) is -1.40. The number of benzene rings is 2. The maximum absolute atomic E-state index is 12.7. The van der Waals surface area contributed by atoms with Gasteiger partial charge in [-0.25, -0.2) is 0 Å². The normalized spacial score (nSPS) is 12.9. The Bertz CT molecular complexity index is 626. The van der Waals surface area contributed by atoms with Gasteiger partial charge in [-0.2, -0.15) is 26.3 Å². The van der Waals surface area contributed by atoms with Gasteiger partial charge in [0.15, 0.2) is 0 Å². The molecule has 0 aliphatic heterocycles. The number of hydrogen-bond donors (Lipinski definition) is 1. The summed E-state index contributed by atoms with van der Waals surface area (Å²) in [7, 11) is 0. The SMILES string of the molecule is Oc1c(C(F)(F)F)c(C(F)(F)F)cc2ccccc12. The van der Waals surface area contributed by atoms with E-state index in [1.54, 1.807) is 0 Å². The summed E-state index contributed by atoms with van der Waals surface area (Å²) in [5, 5.41) is 9.12. The Balaban J connectivity index is 2.93. The van der Waals surface area contributed by atoms with E-state index in [2.05, 4.69) is 0 Å². The van der Waals surface area contributed by atoms with Gasteiger partial charge in [0.1, 0.15) is 11.3 Å². The zero-order valence-electron chi connectivity index (χ0n) is 9.10. The third-order valence-corrected chi connectivity index (χ3v) is 2.61. The Kier molecular flexibility index (Phi) is 2.87. The zero-order valence-corrected chi connectivity index (χ0v) is 9.10. The van der Waals surface area contributed by atoms with Crippen molar-refractivity contribution in [1.29, 1.82) is 0 Å². The predicted octanol–water partition coefficient (Wildman–Crippen LogP) is 4.58. The van der Waals surface area contributed by atoms with Crippen molar-refractivity contribution in [3.05, 3.63) is 41.5 Å². The highest BCUT2D eigenvalue weighted by Gasteiger charge is 2.45. The Morgan fingerprint density at radius 3 is 1.95 bits per heavy atom. The van der Waals surface area contributed by atoms with Gasteiger partial charge < -0.3 is 5.11 Å². The van der Waals surface area contributed by atoms with Crippen LogP contribution in [0, 0.1) is 0 Å². The standard InChI is InChI=1S/C12H6F6O/c13-11(14,15)8-5-6-3-1-2-4-7(6)10(19)9(8)12(16,17)18/h1-5,19H. The lowest BCUT2D eigenvalue weighted by Crippen LogP contribution is -2.16.